The summed E-state index contributed by atoms with van der Waals surface area (Å²) >= 11 is 0. The predicted octanol–water partition coefficient (Wildman–Crippen LogP) is 3.38. The second-order valence-corrected chi connectivity index (χ2v) is 4.72. The zero-order valence-electron chi connectivity index (χ0n) is 11.0. The zero-order valence-corrected chi connectivity index (χ0v) is 11.0. The third kappa shape index (κ3) is 2.01. The van der Waals surface area contributed by atoms with E-state index in [1.165, 1.54) is 0 Å². The molecule has 0 aliphatic rings. The van der Waals surface area contributed by atoms with E-state index in [1.807, 2.05) is 33.8 Å². The number of hydrogen-bond acceptors (Lipinski definition) is 2. The highest BCUT2D eigenvalue weighted by atomic mass is 16.4. The van der Waals surface area contributed by atoms with Gasteiger partial charge < -0.3 is 10.1 Å². The molecule has 0 aliphatic heterocycles. The van der Waals surface area contributed by atoms with E-state index in [4.69, 9.17) is 0 Å². The van der Waals surface area contributed by atoms with E-state index < -0.39 is 5.97 Å². The molecule has 0 saturated heterocycles. The lowest BCUT2D eigenvalue weighted by atomic mass is 10.1. The van der Waals surface area contributed by atoms with Gasteiger partial charge in [0.1, 0.15) is 11.3 Å². The van der Waals surface area contributed by atoms with Gasteiger partial charge in [0.25, 0.3) is 0 Å². The van der Waals surface area contributed by atoms with Crippen LogP contribution in [0.2, 0.25) is 0 Å². The molecule has 0 unspecified atom stereocenters. The second kappa shape index (κ2) is 4.29. The Morgan fingerprint density at radius 2 is 1.94 bits per heavy atom. The molecule has 0 amide bonds. The number of carboxylic acid groups (broad SMARTS) is 1. The number of imidazole rings is 1. The van der Waals surface area contributed by atoms with Crippen molar-refractivity contribution in [3.8, 4) is 0 Å². The van der Waals surface area contributed by atoms with Gasteiger partial charge in [0.15, 0.2) is 0 Å². The number of nitrogens with zero attached hydrogens (tertiary/aromatic N) is 1. The average molecular weight is 244 g/mol. The van der Waals surface area contributed by atoms with E-state index in [0.717, 1.165) is 28.1 Å². The SMILES string of the molecule is CC(C)=C(C)c1nc2c(C(=O)O)cc(C)cc2[nH]1. The molecule has 1 heterocycles. The summed E-state index contributed by atoms with van der Waals surface area (Å²) in [4.78, 5) is 18.8. The summed E-state index contributed by atoms with van der Waals surface area (Å²) in [7, 11) is 0. The molecule has 0 aliphatic carbocycles. The molecule has 1 aromatic heterocycles. The second-order valence-electron chi connectivity index (χ2n) is 4.72. The average Bonchev–Trinajstić information content (AvgIpc) is 2.69. The van der Waals surface area contributed by atoms with Gasteiger partial charge in [-0.2, -0.15) is 0 Å². The Bertz CT molecular complexity index is 662. The number of H-pyrrole nitrogens is 1. The minimum Gasteiger partial charge on any atom is -0.478 e. The molecule has 4 nitrogen and oxygen atoms in total. The van der Waals surface area contributed by atoms with Gasteiger partial charge in [-0.3, -0.25) is 0 Å². The Balaban J connectivity index is 2.76. The van der Waals surface area contributed by atoms with Crippen molar-refractivity contribution >= 4 is 22.6 Å². The standard InChI is InChI=1S/C14H16N2O2/c1-7(2)9(4)13-15-11-6-8(3)5-10(14(17)18)12(11)16-13/h5-6H,1-4H3,(H,15,16)(H,17,18). The summed E-state index contributed by atoms with van der Waals surface area (Å²) in [6.07, 6.45) is 0. The first-order valence-electron chi connectivity index (χ1n) is 5.78. The number of aromatic nitrogens is 2. The van der Waals surface area contributed by atoms with Crippen molar-refractivity contribution < 1.29 is 9.90 Å². The molecular formula is C14H16N2O2. The van der Waals surface area contributed by atoms with Crippen LogP contribution in [0.5, 0.6) is 0 Å². The minimum atomic E-state index is -0.948. The molecule has 4 heteroatoms. The quantitative estimate of drug-likeness (QED) is 0.851. The van der Waals surface area contributed by atoms with Crippen molar-refractivity contribution in [3.63, 3.8) is 0 Å². The lowest BCUT2D eigenvalue weighted by Gasteiger charge is -1.98. The first-order valence-corrected chi connectivity index (χ1v) is 5.78. The van der Waals surface area contributed by atoms with Gasteiger partial charge in [-0.15, -0.1) is 0 Å². The van der Waals surface area contributed by atoms with E-state index in [9.17, 15) is 9.90 Å². The van der Waals surface area contributed by atoms with Gasteiger partial charge in [-0.1, -0.05) is 5.57 Å². The monoisotopic (exact) mass is 244 g/mol. The number of rotatable bonds is 2. The maximum atomic E-state index is 11.2. The Morgan fingerprint density at radius 3 is 2.50 bits per heavy atom. The number of aromatic carboxylic acids is 1. The maximum Gasteiger partial charge on any atom is 0.337 e. The van der Waals surface area contributed by atoms with Crippen LogP contribution in [0.25, 0.3) is 16.6 Å². The van der Waals surface area contributed by atoms with E-state index in [2.05, 4.69) is 9.97 Å². The Morgan fingerprint density at radius 1 is 1.28 bits per heavy atom. The van der Waals surface area contributed by atoms with Crippen LogP contribution in [0.1, 0.15) is 42.5 Å². The van der Waals surface area contributed by atoms with Crippen molar-refractivity contribution in [1.29, 1.82) is 0 Å². The van der Waals surface area contributed by atoms with Gasteiger partial charge >= 0.3 is 5.97 Å². The molecule has 2 N–H and O–H groups in total. The molecule has 0 radical (unpaired) electrons. The summed E-state index contributed by atoms with van der Waals surface area (Å²) in [5.74, 6) is -0.213. The summed E-state index contributed by atoms with van der Waals surface area (Å²) in [6.45, 7) is 7.86. The number of nitrogens with one attached hydrogen (secondary N) is 1. The number of aryl methyl sites for hydroxylation is 1. The molecule has 94 valence electrons. The van der Waals surface area contributed by atoms with E-state index in [1.54, 1.807) is 6.07 Å². The van der Waals surface area contributed by atoms with Crippen LogP contribution in [0.15, 0.2) is 17.7 Å². The van der Waals surface area contributed by atoms with Gasteiger partial charge in [-0.05, 0) is 51.0 Å². The number of hydrogen-bond donors (Lipinski definition) is 2. The van der Waals surface area contributed by atoms with E-state index >= 15 is 0 Å². The van der Waals surface area contributed by atoms with Crippen LogP contribution in [-0.4, -0.2) is 21.0 Å². The number of benzene rings is 1. The fourth-order valence-electron chi connectivity index (χ4n) is 1.84. The lowest BCUT2D eigenvalue weighted by molar-refractivity contribution is 0.0698. The topological polar surface area (TPSA) is 66.0 Å². The molecule has 2 aromatic rings. The van der Waals surface area contributed by atoms with Crippen molar-refractivity contribution in [1.82, 2.24) is 9.97 Å². The Hall–Kier alpha value is -2.10. The van der Waals surface area contributed by atoms with E-state index in [0.29, 0.717) is 5.52 Å². The summed E-state index contributed by atoms with van der Waals surface area (Å²) in [5, 5.41) is 9.20. The highest BCUT2D eigenvalue weighted by Crippen LogP contribution is 2.23. The highest BCUT2D eigenvalue weighted by molar-refractivity contribution is 6.01. The highest BCUT2D eigenvalue weighted by Gasteiger charge is 2.14. The minimum absolute atomic E-state index is 0.244. The maximum absolute atomic E-state index is 11.2. The van der Waals surface area contributed by atoms with Gasteiger partial charge in [0, 0.05) is 0 Å². The lowest BCUT2D eigenvalue weighted by Crippen LogP contribution is -1.98. The molecule has 1 aromatic carbocycles. The molecular weight excluding hydrogens is 228 g/mol. The van der Waals surface area contributed by atoms with Gasteiger partial charge in [-0.25, -0.2) is 9.78 Å². The number of fused-ring (bicyclic) bond motifs is 1. The molecule has 2 rings (SSSR count). The Kier molecular flexibility index (Phi) is 2.95. The third-order valence-electron chi connectivity index (χ3n) is 3.07. The third-order valence-corrected chi connectivity index (χ3v) is 3.07. The predicted molar refractivity (Wildman–Crippen MR) is 71.7 cm³/mol. The normalized spacial score (nSPS) is 10.7. The van der Waals surface area contributed by atoms with Crippen molar-refractivity contribution in [3.05, 3.63) is 34.7 Å². The fourth-order valence-corrected chi connectivity index (χ4v) is 1.84. The summed E-state index contributed by atoms with van der Waals surface area (Å²) in [6, 6.07) is 3.56. The van der Waals surface area contributed by atoms with Crippen molar-refractivity contribution in [2.24, 2.45) is 0 Å². The largest absolute Gasteiger partial charge is 0.478 e. The molecule has 0 fully saturated rings. The van der Waals surface area contributed by atoms with Gasteiger partial charge in [0.2, 0.25) is 0 Å². The summed E-state index contributed by atoms with van der Waals surface area (Å²) < 4.78 is 0. The van der Waals surface area contributed by atoms with Crippen molar-refractivity contribution in [2.75, 3.05) is 0 Å². The molecule has 0 saturated carbocycles. The summed E-state index contributed by atoms with van der Waals surface area (Å²) in [5.41, 5.74) is 4.63. The van der Waals surface area contributed by atoms with Gasteiger partial charge in [0.05, 0.1) is 11.1 Å². The smallest absolute Gasteiger partial charge is 0.337 e. The van der Waals surface area contributed by atoms with Crippen LogP contribution in [0.4, 0.5) is 0 Å². The molecule has 0 spiro atoms. The van der Waals surface area contributed by atoms with E-state index in [-0.39, 0.29) is 5.56 Å². The first kappa shape index (κ1) is 12.4. The molecule has 0 bridgehead atoms. The van der Waals surface area contributed by atoms with Crippen LogP contribution in [0.3, 0.4) is 0 Å². The first-order chi connectivity index (χ1) is 8.40. The number of allylic oxidation sites excluding steroid dienone is 2. The number of carboxylic acids is 1. The fraction of sp³-hybridized carbons (Fsp3) is 0.286. The molecule has 0 atom stereocenters. The van der Waals surface area contributed by atoms with Crippen LogP contribution >= 0.6 is 0 Å². The van der Waals surface area contributed by atoms with Crippen LogP contribution in [-0.2, 0) is 0 Å². The molecule has 18 heavy (non-hydrogen) atoms. The van der Waals surface area contributed by atoms with Crippen LogP contribution in [0, 0.1) is 6.92 Å². The number of aromatic amines is 1. The Labute approximate surface area is 105 Å². The number of carbonyl (C=O) groups is 1. The zero-order chi connectivity index (χ0) is 13.4. The van der Waals surface area contributed by atoms with Crippen molar-refractivity contribution in [2.45, 2.75) is 27.7 Å². The van der Waals surface area contributed by atoms with Crippen LogP contribution < -0.4 is 0 Å².